The molecule has 88 valence electrons. The van der Waals surface area contributed by atoms with Gasteiger partial charge >= 0.3 is 6.18 Å². The molecule has 4 nitrogen and oxygen atoms in total. The maximum absolute atomic E-state index is 12.4. The molecule has 0 amide bonds. The molecule has 0 atom stereocenters. The van der Waals surface area contributed by atoms with Crippen LogP contribution in [0.1, 0.15) is 5.56 Å². The molecule has 0 aliphatic rings. The molecule has 0 saturated carbocycles. The fourth-order valence-electron chi connectivity index (χ4n) is 1.09. The largest absolute Gasteiger partial charge is 0.436 e. The van der Waals surface area contributed by atoms with E-state index >= 15 is 0 Å². The molecule has 0 fully saturated rings. The lowest BCUT2D eigenvalue weighted by Crippen LogP contribution is -2.05. The van der Waals surface area contributed by atoms with Gasteiger partial charge in [-0.05, 0) is 12.1 Å². The minimum Gasteiger partial charge on any atom is -0.436 e. The first-order valence-corrected chi connectivity index (χ1v) is 4.53. The first kappa shape index (κ1) is 11.3. The maximum Gasteiger partial charge on any atom is 0.418 e. The average Bonchev–Trinajstić information content (AvgIpc) is 2.29. The van der Waals surface area contributed by atoms with Crippen molar-refractivity contribution < 1.29 is 17.9 Å². The summed E-state index contributed by atoms with van der Waals surface area (Å²) in [6.45, 7) is 0. The molecule has 0 bridgehead atoms. The van der Waals surface area contributed by atoms with Crippen molar-refractivity contribution in [1.82, 2.24) is 15.2 Å². The Balaban J connectivity index is 2.23. The zero-order valence-corrected chi connectivity index (χ0v) is 8.35. The van der Waals surface area contributed by atoms with Crippen LogP contribution in [0.5, 0.6) is 11.6 Å². The van der Waals surface area contributed by atoms with E-state index in [9.17, 15) is 13.2 Å². The zero-order chi connectivity index (χ0) is 12.3. The van der Waals surface area contributed by atoms with E-state index in [-0.39, 0.29) is 11.6 Å². The van der Waals surface area contributed by atoms with Gasteiger partial charge in [0.05, 0.1) is 11.8 Å². The van der Waals surface area contributed by atoms with Gasteiger partial charge in [-0.1, -0.05) is 0 Å². The molecule has 0 spiro atoms. The Morgan fingerprint density at radius 1 is 1.18 bits per heavy atom. The summed E-state index contributed by atoms with van der Waals surface area (Å²) < 4.78 is 42.2. The van der Waals surface area contributed by atoms with E-state index < -0.39 is 11.7 Å². The van der Waals surface area contributed by atoms with Gasteiger partial charge in [0.15, 0.2) is 0 Å². The van der Waals surface area contributed by atoms with E-state index in [1.54, 1.807) is 6.07 Å². The van der Waals surface area contributed by atoms with E-state index in [2.05, 4.69) is 15.2 Å². The van der Waals surface area contributed by atoms with Crippen LogP contribution in [-0.2, 0) is 6.18 Å². The molecule has 7 heteroatoms. The predicted molar refractivity (Wildman–Crippen MR) is 51.3 cm³/mol. The average molecular weight is 241 g/mol. The van der Waals surface area contributed by atoms with E-state index in [4.69, 9.17) is 4.74 Å². The summed E-state index contributed by atoms with van der Waals surface area (Å²) in [5, 5.41) is 7.12. The summed E-state index contributed by atoms with van der Waals surface area (Å²) in [5.41, 5.74) is -0.876. The number of nitrogens with zero attached hydrogens (tertiary/aromatic N) is 3. The lowest BCUT2D eigenvalue weighted by Gasteiger charge is -2.08. The molecule has 2 aromatic heterocycles. The number of pyridine rings is 1. The molecule has 0 radical (unpaired) electrons. The second-order valence-corrected chi connectivity index (χ2v) is 3.07. The monoisotopic (exact) mass is 241 g/mol. The molecule has 0 saturated heterocycles. The third kappa shape index (κ3) is 2.90. The number of aromatic nitrogens is 3. The highest BCUT2D eigenvalue weighted by molar-refractivity contribution is 5.28. The molecule has 17 heavy (non-hydrogen) atoms. The van der Waals surface area contributed by atoms with Crippen molar-refractivity contribution >= 4 is 0 Å². The Labute approximate surface area is 94.1 Å². The first-order valence-electron chi connectivity index (χ1n) is 4.53. The molecule has 2 rings (SSSR count). The molecule has 0 aliphatic heterocycles. The van der Waals surface area contributed by atoms with Crippen molar-refractivity contribution in [1.29, 1.82) is 0 Å². The van der Waals surface area contributed by atoms with Crippen molar-refractivity contribution in [3.63, 3.8) is 0 Å². The maximum atomic E-state index is 12.4. The number of halogens is 3. The Morgan fingerprint density at radius 2 is 2.00 bits per heavy atom. The Bertz CT molecular complexity index is 502. The standard InChI is InChI=1S/C10H6F3N3O/c11-10(12,13)7-4-8(6-14-5-7)17-9-2-1-3-15-16-9/h1-6H. The van der Waals surface area contributed by atoms with Crippen molar-refractivity contribution in [2.75, 3.05) is 0 Å². The molecule has 0 N–H and O–H groups in total. The van der Waals surface area contributed by atoms with Crippen LogP contribution < -0.4 is 4.74 Å². The highest BCUT2D eigenvalue weighted by Gasteiger charge is 2.31. The Morgan fingerprint density at radius 3 is 2.65 bits per heavy atom. The van der Waals surface area contributed by atoms with Gasteiger partial charge in [-0.15, -0.1) is 5.10 Å². The smallest absolute Gasteiger partial charge is 0.418 e. The summed E-state index contributed by atoms with van der Waals surface area (Å²) in [6, 6.07) is 3.89. The Hall–Kier alpha value is -2.18. The fraction of sp³-hybridized carbons (Fsp3) is 0.100. The van der Waals surface area contributed by atoms with Crippen LogP contribution in [0.25, 0.3) is 0 Å². The van der Waals surface area contributed by atoms with Crippen LogP contribution >= 0.6 is 0 Å². The van der Waals surface area contributed by atoms with Crippen molar-refractivity contribution in [3.05, 3.63) is 42.4 Å². The van der Waals surface area contributed by atoms with Crippen LogP contribution in [0, 0.1) is 0 Å². The van der Waals surface area contributed by atoms with Crippen molar-refractivity contribution in [3.8, 4) is 11.6 Å². The second kappa shape index (κ2) is 4.36. The highest BCUT2D eigenvalue weighted by atomic mass is 19.4. The molecular weight excluding hydrogens is 235 g/mol. The lowest BCUT2D eigenvalue weighted by molar-refractivity contribution is -0.137. The summed E-state index contributed by atoms with van der Waals surface area (Å²) in [5.74, 6) is 0.0638. The van der Waals surface area contributed by atoms with Crippen LogP contribution in [0.2, 0.25) is 0 Å². The van der Waals surface area contributed by atoms with Gasteiger partial charge in [0.25, 0.3) is 0 Å². The van der Waals surface area contributed by atoms with Crippen LogP contribution in [0.3, 0.4) is 0 Å². The van der Waals surface area contributed by atoms with Gasteiger partial charge in [0, 0.05) is 18.5 Å². The van der Waals surface area contributed by atoms with Crippen molar-refractivity contribution in [2.45, 2.75) is 6.18 Å². The van der Waals surface area contributed by atoms with Crippen molar-refractivity contribution in [2.24, 2.45) is 0 Å². The minimum atomic E-state index is -4.45. The Kier molecular flexibility index (Phi) is 2.90. The van der Waals surface area contributed by atoms with Gasteiger partial charge in [-0.2, -0.15) is 18.3 Å². The quantitative estimate of drug-likeness (QED) is 0.811. The molecule has 2 aromatic rings. The minimum absolute atomic E-state index is 0.0414. The van der Waals surface area contributed by atoms with E-state index in [1.807, 2.05) is 0 Å². The van der Waals surface area contributed by atoms with Gasteiger partial charge < -0.3 is 4.74 Å². The van der Waals surface area contributed by atoms with Gasteiger partial charge in [-0.25, -0.2) is 0 Å². The van der Waals surface area contributed by atoms with Gasteiger partial charge in [0.2, 0.25) is 5.88 Å². The summed E-state index contributed by atoms with van der Waals surface area (Å²) in [4.78, 5) is 3.45. The van der Waals surface area contributed by atoms with Gasteiger partial charge in [-0.3, -0.25) is 4.98 Å². The number of ether oxygens (including phenoxy) is 1. The topological polar surface area (TPSA) is 47.9 Å². The molecule has 0 aliphatic carbocycles. The third-order valence-corrected chi connectivity index (χ3v) is 1.81. The number of hydrogen-bond donors (Lipinski definition) is 0. The third-order valence-electron chi connectivity index (χ3n) is 1.81. The van der Waals surface area contributed by atoms with E-state index in [0.717, 1.165) is 12.3 Å². The molecule has 0 aromatic carbocycles. The summed E-state index contributed by atoms with van der Waals surface area (Å²) in [6.07, 6.45) is -1.13. The molecular formula is C10H6F3N3O. The number of alkyl halides is 3. The SMILES string of the molecule is FC(F)(F)c1cncc(Oc2cccnn2)c1. The molecule has 0 unspecified atom stereocenters. The number of hydrogen-bond acceptors (Lipinski definition) is 4. The number of rotatable bonds is 2. The second-order valence-electron chi connectivity index (χ2n) is 3.07. The van der Waals surface area contributed by atoms with E-state index in [0.29, 0.717) is 0 Å². The first-order chi connectivity index (χ1) is 8.05. The predicted octanol–water partition coefficient (Wildman–Crippen LogP) is 2.68. The molecule has 2 heterocycles. The van der Waals surface area contributed by atoms with Crippen LogP contribution in [-0.4, -0.2) is 15.2 Å². The highest BCUT2D eigenvalue weighted by Crippen LogP contribution is 2.31. The fourth-order valence-corrected chi connectivity index (χ4v) is 1.09. The summed E-state index contributed by atoms with van der Waals surface area (Å²) in [7, 11) is 0. The zero-order valence-electron chi connectivity index (χ0n) is 8.35. The van der Waals surface area contributed by atoms with Crippen LogP contribution in [0.4, 0.5) is 13.2 Å². The summed E-state index contributed by atoms with van der Waals surface area (Å²) >= 11 is 0. The lowest BCUT2D eigenvalue weighted by atomic mass is 10.3. The van der Waals surface area contributed by atoms with E-state index in [1.165, 1.54) is 18.5 Å². The van der Waals surface area contributed by atoms with Crippen LogP contribution in [0.15, 0.2) is 36.8 Å². The van der Waals surface area contributed by atoms with Gasteiger partial charge in [0.1, 0.15) is 5.75 Å². The normalized spacial score (nSPS) is 11.2.